The van der Waals surface area contributed by atoms with Gasteiger partial charge in [-0.25, -0.2) is 4.39 Å². The van der Waals surface area contributed by atoms with E-state index in [4.69, 9.17) is 9.47 Å². The number of nitrogens with zero attached hydrogens (tertiary/aromatic N) is 3. The van der Waals surface area contributed by atoms with E-state index in [0.717, 1.165) is 45.6 Å². The van der Waals surface area contributed by atoms with Crippen molar-refractivity contribution in [3.8, 4) is 11.5 Å². The molecule has 0 N–H and O–H groups in total. The molecule has 2 aliphatic rings. The number of hydrogen-bond donors (Lipinski definition) is 0. The molecule has 6 nitrogen and oxygen atoms in total. The van der Waals surface area contributed by atoms with Gasteiger partial charge in [-0.05, 0) is 37.1 Å². The summed E-state index contributed by atoms with van der Waals surface area (Å²) in [6.45, 7) is 4.77. The number of hydrogen-bond acceptors (Lipinski definition) is 5. The zero-order valence-corrected chi connectivity index (χ0v) is 18.2. The monoisotopic (exact) mass is 427 g/mol. The van der Waals surface area contributed by atoms with Gasteiger partial charge in [0, 0.05) is 51.4 Å². The number of rotatable bonds is 5. The number of halogens is 1. The Hall–Kier alpha value is -2.80. The van der Waals surface area contributed by atoms with Crippen LogP contribution >= 0.6 is 0 Å². The quantitative estimate of drug-likeness (QED) is 0.733. The molecule has 1 unspecified atom stereocenters. The fourth-order valence-electron chi connectivity index (χ4n) is 4.62. The Bertz CT molecular complexity index is 915. The second-order valence-electron chi connectivity index (χ2n) is 8.09. The standard InChI is InChI=1S/C24H30FN3O3/c1-30-19-9-10-20(23(16-19)31-2)24(29)28-11-5-6-18(17-28)26-12-14-27(15-13-26)22-8-4-3-7-21(22)25/h3-4,7-10,16,18H,5-6,11-15,17H2,1-2H3. The molecule has 0 bridgehead atoms. The van der Waals surface area contributed by atoms with Gasteiger partial charge in [-0.1, -0.05) is 12.1 Å². The molecule has 31 heavy (non-hydrogen) atoms. The number of carbonyl (C=O) groups is 1. The van der Waals surface area contributed by atoms with Crippen LogP contribution in [0.15, 0.2) is 42.5 Å². The number of benzene rings is 2. The van der Waals surface area contributed by atoms with Crippen LogP contribution in [0.3, 0.4) is 0 Å². The fourth-order valence-corrected chi connectivity index (χ4v) is 4.62. The van der Waals surface area contributed by atoms with E-state index < -0.39 is 0 Å². The molecule has 2 fully saturated rings. The third-order valence-corrected chi connectivity index (χ3v) is 6.35. The van der Waals surface area contributed by atoms with E-state index in [1.54, 1.807) is 38.5 Å². The van der Waals surface area contributed by atoms with Gasteiger partial charge in [-0.3, -0.25) is 9.69 Å². The Morgan fingerprint density at radius 1 is 1.00 bits per heavy atom. The molecule has 7 heteroatoms. The summed E-state index contributed by atoms with van der Waals surface area (Å²) in [5.74, 6) is 1.02. The number of piperidine rings is 1. The molecule has 1 atom stereocenters. The number of para-hydroxylation sites is 1. The van der Waals surface area contributed by atoms with Crippen LogP contribution in [0.5, 0.6) is 11.5 Å². The minimum atomic E-state index is -0.168. The van der Waals surface area contributed by atoms with Gasteiger partial charge in [0.1, 0.15) is 17.3 Å². The zero-order valence-electron chi connectivity index (χ0n) is 18.2. The molecule has 2 saturated heterocycles. The Balaban J connectivity index is 1.39. The Labute approximate surface area is 183 Å². The molecule has 166 valence electrons. The lowest BCUT2D eigenvalue weighted by Gasteiger charge is -2.44. The predicted octanol–water partition coefficient (Wildman–Crippen LogP) is 3.27. The van der Waals surface area contributed by atoms with Crippen molar-refractivity contribution < 1.29 is 18.7 Å². The van der Waals surface area contributed by atoms with Gasteiger partial charge in [0.2, 0.25) is 0 Å². The normalized spacial score (nSPS) is 19.9. The zero-order chi connectivity index (χ0) is 21.8. The first-order valence-electron chi connectivity index (χ1n) is 10.9. The maximum atomic E-state index is 14.1. The van der Waals surface area contributed by atoms with Gasteiger partial charge in [0.05, 0.1) is 25.5 Å². The summed E-state index contributed by atoms with van der Waals surface area (Å²) in [5, 5.41) is 0. The van der Waals surface area contributed by atoms with E-state index in [-0.39, 0.29) is 11.7 Å². The summed E-state index contributed by atoms with van der Waals surface area (Å²) < 4.78 is 24.8. The summed E-state index contributed by atoms with van der Waals surface area (Å²) in [4.78, 5) is 19.7. The van der Waals surface area contributed by atoms with Gasteiger partial charge in [0.25, 0.3) is 5.91 Å². The number of likely N-dealkylation sites (tertiary alicyclic amines) is 1. The van der Waals surface area contributed by atoms with Crippen molar-refractivity contribution >= 4 is 11.6 Å². The second-order valence-corrected chi connectivity index (χ2v) is 8.09. The van der Waals surface area contributed by atoms with Crippen molar-refractivity contribution in [1.29, 1.82) is 0 Å². The largest absolute Gasteiger partial charge is 0.497 e. The van der Waals surface area contributed by atoms with Crippen molar-refractivity contribution in [2.45, 2.75) is 18.9 Å². The highest BCUT2D eigenvalue weighted by atomic mass is 19.1. The predicted molar refractivity (Wildman–Crippen MR) is 119 cm³/mol. The molecule has 0 aliphatic carbocycles. The summed E-state index contributed by atoms with van der Waals surface area (Å²) in [5.41, 5.74) is 1.24. The molecule has 0 spiro atoms. The van der Waals surface area contributed by atoms with Gasteiger partial charge >= 0.3 is 0 Å². The lowest BCUT2D eigenvalue weighted by molar-refractivity contribution is 0.0560. The van der Waals surface area contributed by atoms with E-state index in [1.807, 2.05) is 17.0 Å². The van der Waals surface area contributed by atoms with E-state index in [1.165, 1.54) is 6.07 Å². The SMILES string of the molecule is COc1ccc(C(=O)N2CCCC(N3CCN(c4ccccc4F)CC3)C2)c(OC)c1. The molecule has 0 radical (unpaired) electrons. The molecule has 2 heterocycles. The molecule has 0 aromatic heterocycles. The van der Waals surface area contributed by atoms with E-state index in [9.17, 15) is 9.18 Å². The third-order valence-electron chi connectivity index (χ3n) is 6.35. The van der Waals surface area contributed by atoms with Crippen LogP contribution in [-0.2, 0) is 0 Å². The van der Waals surface area contributed by atoms with Crippen LogP contribution in [0, 0.1) is 5.82 Å². The van der Waals surface area contributed by atoms with E-state index in [2.05, 4.69) is 9.80 Å². The lowest BCUT2D eigenvalue weighted by Crippen LogP contribution is -2.56. The first-order chi connectivity index (χ1) is 15.1. The first-order valence-corrected chi connectivity index (χ1v) is 10.9. The number of anilines is 1. The molecule has 0 saturated carbocycles. The first kappa shape index (κ1) is 21.4. The van der Waals surface area contributed by atoms with Crippen molar-refractivity contribution in [3.05, 3.63) is 53.8 Å². The smallest absolute Gasteiger partial charge is 0.257 e. The van der Waals surface area contributed by atoms with Crippen LogP contribution < -0.4 is 14.4 Å². The Kier molecular flexibility index (Phi) is 6.61. The lowest BCUT2D eigenvalue weighted by atomic mass is 10.0. The van der Waals surface area contributed by atoms with Crippen LogP contribution in [0.4, 0.5) is 10.1 Å². The van der Waals surface area contributed by atoms with Crippen LogP contribution in [0.25, 0.3) is 0 Å². The molecule has 1 amide bonds. The highest BCUT2D eigenvalue weighted by Gasteiger charge is 2.31. The number of ether oxygens (including phenoxy) is 2. The maximum Gasteiger partial charge on any atom is 0.257 e. The van der Waals surface area contributed by atoms with Crippen molar-refractivity contribution in [1.82, 2.24) is 9.80 Å². The van der Waals surface area contributed by atoms with Gasteiger partial charge in [0.15, 0.2) is 0 Å². The second kappa shape index (κ2) is 9.56. The highest BCUT2D eigenvalue weighted by molar-refractivity contribution is 5.97. The van der Waals surface area contributed by atoms with Crippen molar-refractivity contribution in [2.24, 2.45) is 0 Å². The van der Waals surface area contributed by atoms with Crippen LogP contribution in [-0.4, -0.2) is 75.2 Å². The average molecular weight is 428 g/mol. The number of carbonyl (C=O) groups excluding carboxylic acids is 1. The third kappa shape index (κ3) is 4.61. The van der Waals surface area contributed by atoms with Gasteiger partial charge < -0.3 is 19.3 Å². The average Bonchev–Trinajstić information content (AvgIpc) is 2.83. The highest BCUT2D eigenvalue weighted by Crippen LogP contribution is 2.28. The van der Waals surface area contributed by atoms with Crippen molar-refractivity contribution in [3.63, 3.8) is 0 Å². The van der Waals surface area contributed by atoms with E-state index in [0.29, 0.717) is 35.3 Å². The molecule has 2 aliphatic heterocycles. The summed E-state index contributed by atoms with van der Waals surface area (Å²) >= 11 is 0. The van der Waals surface area contributed by atoms with Crippen LogP contribution in [0.1, 0.15) is 23.2 Å². The molecular formula is C24H30FN3O3. The van der Waals surface area contributed by atoms with Gasteiger partial charge in [-0.15, -0.1) is 0 Å². The topological polar surface area (TPSA) is 45.2 Å². The molecule has 2 aromatic rings. The summed E-state index contributed by atoms with van der Waals surface area (Å²) in [7, 11) is 3.16. The Morgan fingerprint density at radius 3 is 2.48 bits per heavy atom. The molecule has 4 rings (SSSR count). The fraction of sp³-hybridized carbons (Fsp3) is 0.458. The summed E-state index contributed by atoms with van der Waals surface area (Å²) in [6.07, 6.45) is 2.05. The van der Waals surface area contributed by atoms with Gasteiger partial charge in [-0.2, -0.15) is 0 Å². The summed E-state index contributed by atoms with van der Waals surface area (Å²) in [6, 6.07) is 12.6. The van der Waals surface area contributed by atoms with E-state index >= 15 is 0 Å². The Morgan fingerprint density at radius 2 is 1.77 bits per heavy atom. The molecule has 2 aromatic carbocycles. The number of piperazine rings is 1. The number of methoxy groups -OCH3 is 2. The minimum absolute atomic E-state index is 0.00537. The maximum absolute atomic E-state index is 14.1. The van der Waals surface area contributed by atoms with Crippen molar-refractivity contribution in [2.75, 3.05) is 58.4 Å². The minimum Gasteiger partial charge on any atom is -0.497 e. The molecular weight excluding hydrogens is 397 g/mol. The number of amides is 1. The van der Waals surface area contributed by atoms with Crippen LogP contribution in [0.2, 0.25) is 0 Å².